The van der Waals surface area contributed by atoms with Gasteiger partial charge in [0.1, 0.15) is 5.01 Å². The summed E-state index contributed by atoms with van der Waals surface area (Å²) in [5, 5.41) is 7.89. The molecule has 0 unspecified atom stereocenters. The van der Waals surface area contributed by atoms with E-state index >= 15 is 0 Å². The van der Waals surface area contributed by atoms with Gasteiger partial charge in [0.25, 0.3) is 0 Å². The highest BCUT2D eigenvalue weighted by Crippen LogP contribution is 2.16. The van der Waals surface area contributed by atoms with Crippen LogP contribution in [0.1, 0.15) is 29.7 Å². The zero-order chi connectivity index (χ0) is 17.2. The van der Waals surface area contributed by atoms with Crippen LogP contribution in [0, 0.1) is 12.8 Å². The number of likely N-dealkylation sites (tertiary alicyclic amines) is 1. The highest BCUT2D eigenvalue weighted by Gasteiger charge is 2.18. The molecular formula is C17H31N5OS. The summed E-state index contributed by atoms with van der Waals surface area (Å²) in [7, 11) is 1.77. The van der Waals surface area contributed by atoms with Gasteiger partial charge in [0.05, 0.1) is 13.2 Å². The standard InChI is InChI=1S/C17H31N5OS/c1-4-18-17(21-13-16-19-11-14(2)24-16)20-12-15-5-7-22(8-6-15)9-10-23-3/h11,15H,4-10,12-13H2,1-3H3,(H2,18,20,21). The van der Waals surface area contributed by atoms with Gasteiger partial charge in [-0.3, -0.25) is 0 Å². The molecule has 0 atom stereocenters. The summed E-state index contributed by atoms with van der Waals surface area (Å²) < 4.78 is 5.16. The molecule has 2 N–H and O–H groups in total. The van der Waals surface area contributed by atoms with E-state index < -0.39 is 0 Å². The van der Waals surface area contributed by atoms with Gasteiger partial charge in [-0.25, -0.2) is 9.98 Å². The highest BCUT2D eigenvalue weighted by atomic mass is 32.1. The van der Waals surface area contributed by atoms with Crippen LogP contribution in [0.4, 0.5) is 0 Å². The third kappa shape index (κ3) is 6.75. The molecule has 136 valence electrons. The number of guanidine groups is 1. The Morgan fingerprint density at radius 3 is 2.83 bits per heavy atom. The molecule has 1 aromatic rings. The largest absolute Gasteiger partial charge is 0.383 e. The molecule has 0 bridgehead atoms. The van der Waals surface area contributed by atoms with Crippen LogP contribution in [0.5, 0.6) is 0 Å². The van der Waals surface area contributed by atoms with Crippen molar-refractivity contribution in [2.45, 2.75) is 33.2 Å². The van der Waals surface area contributed by atoms with Crippen LogP contribution in [-0.2, 0) is 11.3 Å². The lowest BCUT2D eigenvalue weighted by Crippen LogP contribution is -2.43. The Hall–Kier alpha value is -1.18. The van der Waals surface area contributed by atoms with Crippen molar-refractivity contribution < 1.29 is 4.74 Å². The van der Waals surface area contributed by atoms with Gasteiger partial charge in [-0.1, -0.05) is 0 Å². The number of ether oxygens (including phenoxy) is 1. The van der Waals surface area contributed by atoms with Crippen LogP contribution in [0.3, 0.4) is 0 Å². The maximum atomic E-state index is 5.16. The second-order valence-corrected chi connectivity index (χ2v) is 7.54. The highest BCUT2D eigenvalue weighted by molar-refractivity contribution is 7.11. The van der Waals surface area contributed by atoms with Crippen LogP contribution in [0.15, 0.2) is 11.2 Å². The number of hydrogen-bond acceptors (Lipinski definition) is 5. The maximum Gasteiger partial charge on any atom is 0.191 e. The number of piperidine rings is 1. The predicted molar refractivity (Wildman–Crippen MR) is 101 cm³/mol. The van der Waals surface area contributed by atoms with Crippen molar-refractivity contribution in [1.82, 2.24) is 20.5 Å². The molecule has 1 aliphatic rings. The zero-order valence-electron chi connectivity index (χ0n) is 15.2. The minimum atomic E-state index is 0.642. The fourth-order valence-corrected chi connectivity index (χ4v) is 3.55. The number of aliphatic imine (C=N–C) groups is 1. The molecule has 1 aliphatic heterocycles. The fourth-order valence-electron chi connectivity index (χ4n) is 2.84. The summed E-state index contributed by atoms with van der Waals surface area (Å²) in [6.07, 6.45) is 4.39. The maximum absolute atomic E-state index is 5.16. The van der Waals surface area contributed by atoms with Crippen molar-refractivity contribution in [2.24, 2.45) is 10.9 Å². The third-order valence-corrected chi connectivity index (χ3v) is 5.16. The second-order valence-electron chi connectivity index (χ2n) is 6.22. The Morgan fingerprint density at radius 1 is 1.42 bits per heavy atom. The molecule has 2 rings (SSSR count). The summed E-state index contributed by atoms with van der Waals surface area (Å²) in [5.41, 5.74) is 0. The first-order valence-electron chi connectivity index (χ1n) is 8.86. The van der Waals surface area contributed by atoms with Crippen molar-refractivity contribution in [3.63, 3.8) is 0 Å². The molecule has 24 heavy (non-hydrogen) atoms. The number of nitrogens with one attached hydrogen (secondary N) is 2. The zero-order valence-corrected chi connectivity index (χ0v) is 16.0. The second kappa shape index (κ2) is 10.6. The number of thiazole rings is 1. The van der Waals surface area contributed by atoms with Gasteiger partial charge in [-0.15, -0.1) is 11.3 Å². The lowest BCUT2D eigenvalue weighted by Gasteiger charge is -2.32. The molecule has 6 nitrogen and oxygen atoms in total. The number of nitrogens with zero attached hydrogens (tertiary/aromatic N) is 3. The number of methoxy groups -OCH3 is 1. The van der Waals surface area contributed by atoms with Gasteiger partial charge >= 0.3 is 0 Å². The van der Waals surface area contributed by atoms with E-state index in [9.17, 15) is 0 Å². The van der Waals surface area contributed by atoms with Crippen molar-refractivity contribution >= 4 is 17.3 Å². The van der Waals surface area contributed by atoms with Crippen LogP contribution in [0.2, 0.25) is 0 Å². The molecule has 0 saturated carbocycles. The summed E-state index contributed by atoms with van der Waals surface area (Å²) in [6, 6.07) is 0. The lowest BCUT2D eigenvalue weighted by atomic mass is 9.97. The normalized spacial score (nSPS) is 17.2. The van der Waals surface area contributed by atoms with Crippen molar-refractivity contribution in [3.05, 3.63) is 16.1 Å². The molecule has 0 spiro atoms. The summed E-state index contributed by atoms with van der Waals surface area (Å²) >= 11 is 1.71. The van der Waals surface area contributed by atoms with Crippen molar-refractivity contribution in [1.29, 1.82) is 0 Å². The van der Waals surface area contributed by atoms with Crippen molar-refractivity contribution in [3.8, 4) is 0 Å². The van der Waals surface area contributed by atoms with Crippen molar-refractivity contribution in [2.75, 3.05) is 46.4 Å². The molecule has 0 amide bonds. The average Bonchev–Trinajstić information content (AvgIpc) is 3.02. The molecule has 1 aromatic heterocycles. The minimum absolute atomic E-state index is 0.642. The first kappa shape index (κ1) is 19.1. The first-order valence-corrected chi connectivity index (χ1v) is 9.67. The SMILES string of the molecule is CCNC(=NCc1ncc(C)s1)NCC1CCN(CCOC)CC1. The summed E-state index contributed by atoms with van der Waals surface area (Å²) in [5.74, 6) is 1.61. The Kier molecular flexibility index (Phi) is 8.49. The smallest absolute Gasteiger partial charge is 0.191 e. The van der Waals surface area contributed by atoms with Gasteiger partial charge in [-0.05, 0) is 45.7 Å². The Balaban J connectivity index is 1.73. The molecule has 1 saturated heterocycles. The lowest BCUT2D eigenvalue weighted by molar-refractivity contribution is 0.121. The van der Waals surface area contributed by atoms with Gasteiger partial charge < -0.3 is 20.3 Å². The van der Waals surface area contributed by atoms with Gasteiger partial charge in [0, 0.05) is 37.8 Å². The molecule has 1 fully saturated rings. The molecule has 7 heteroatoms. The molecule has 0 aromatic carbocycles. The summed E-state index contributed by atoms with van der Waals surface area (Å²) in [6.45, 7) is 10.9. The van der Waals surface area contributed by atoms with E-state index in [1.807, 2.05) is 6.20 Å². The van der Waals surface area contributed by atoms with E-state index in [4.69, 9.17) is 4.74 Å². The van der Waals surface area contributed by atoms with E-state index in [0.717, 1.165) is 43.1 Å². The van der Waals surface area contributed by atoms with Gasteiger partial charge in [-0.2, -0.15) is 0 Å². The Morgan fingerprint density at radius 2 is 2.21 bits per heavy atom. The number of aryl methyl sites for hydroxylation is 1. The number of rotatable bonds is 8. The Bertz CT molecular complexity index is 497. The quantitative estimate of drug-likeness (QED) is 0.552. The van der Waals surface area contributed by atoms with E-state index in [2.05, 4.69) is 39.4 Å². The van der Waals surface area contributed by atoms with Crippen LogP contribution < -0.4 is 10.6 Å². The molecule has 2 heterocycles. The number of hydrogen-bond donors (Lipinski definition) is 2. The van der Waals surface area contributed by atoms with Crippen LogP contribution in [-0.4, -0.2) is 62.3 Å². The van der Waals surface area contributed by atoms with Gasteiger partial charge in [0.15, 0.2) is 5.96 Å². The topological polar surface area (TPSA) is 61.8 Å². The van der Waals surface area contributed by atoms with Crippen LogP contribution >= 0.6 is 11.3 Å². The van der Waals surface area contributed by atoms with Gasteiger partial charge in [0.2, 0.25) is 0 Å². The van der Waals surface area contributed by atoms with E-state index in [0.29, 0.717) is 6.54 Å². The van der Waals surface area contributed by atoms with E-state index in [1.165, 1.54) is 30.8 Å². The first-order chi connectivity index (χ1) is 11.7. The number of aromatic nitrogens is 1. The molecule has 0 radical (unpaired) electrons. The summed E-state index contributed by atoms with van der Waals surface area (Å²) in [4.78, 5) is 12.7. The van der Waals surface area contributed by atoms with E-state index in [-0.39, 0.29) is 0 Å². The minimum Gasteiger partial charge on any atom is -0.383 e. The Labute approximate surface area is 149 Å². The molecule has 0 aliphatic carbocycles. The van der Waals surface area contributed by atoms with Crippen LogP contribution in [0.25, 0.3) is 0 Å². The van der Waals surface area contributed by atoms with E-state index in [1.54, 1.807) is 18.4 Å². The fraction of sp³-hybridized carbons (Fsp3) is 0.765. The average molecular weight is 354 g/mol. The third-order valence-electron chi connectivity index (χ3n) is 4.26. The molecular weight excluding hydrogens is 322 g/mol. The monoisotopic (exact) mass is 353 g/mol. The predicted octanol–water partition coefficient (Wildman–Crippen LogP) is 1.87.